The lowest BCUT2D eigenvalue weighted by Gasteiger charge is -2.11. The molecule has 0 amide bonds. The Kier molecular flexibility index (Phi) is 2.28. The minimum absolute atomic E-state index is 0.00255. The van der Waals surface area contributed by atoms with Gasteiger partial charge in [-0.3, -0.25) is 0 Å². The monoisotopic (exact) mass is 146 g/mol. The molecule has 4 atom stereocenters. The standard InChI is InChI=1S/C7H14O3/c1-4-5(2)7(9)10-6(4)3-8/h4-9H,3H2,1-2H3/t4?,5?,6-,7-/m1/s1. The van der Waals surface area contributed by atoms with Crippen molar-refractivity contribution >= 4 is 0 Å². The molecule has 10 heavy (non-hydrogen) atoms. The zero-order valence-electron chi connectivity index (χ0n) is 6.32. The Bertz CT molecular complexity index is 115. The van der Waals surface area contributed by atoms with Crippen LogP contribution >= 0.6 is 0 Å². The molecule has 3 nitrogen and oxygen atoms in total. The lowest BCUT2D eigenvalue weighted by Crippen LogP contribution is -2.19. The van der Waals surface area contributed by atoms with Crippen LogP contribution in [0.25, 0.3) is 0 Å². The molecule has 1 rings (SSSR count). The normalized spacial score (nSPS) is 48.0. The number of ether oxygens (including phenoxy) is 1. The number of rotatable bonds is 1. The van der Waals surface area contributed by atoms with E-state index >= 15 is 0 Å². The maximum atomic E-state index is 9.14. The van der Waals surface area contributed by atoms with Crippen LogP contribution < -0.4 is 0 Å². The molecule has 0 aromatic heterocycles. The summed E-state index contributed by atoms with van der Waals surface area (Å²) in [5.41, 5.74) is 0. The average molecular weight is 146 g/mol. The largest absolute Gasteiger partial charge is 0.394 e. The average Bonchev–Trinajstić information content (AvgIpc) is 2.17. The second kappa shape index (κ2) is 2.86. The fraction of sp³-hybridized carbons (Fsp3) is 1.00. The van der Waals surface area contributed by atoms with E-state index in [1.165, 1.54) is 0 Å². The van der Waals surface area contributed by atoms with Crippen molar-refractivity contribution < 1.29 is 14.9 Å². The van der Waals surface area contributed by atoms with Crippen molar-refractivity contribution in [2.24, 2.45) is 11.8 Å². The first-order chi connectivity index (χ1) is 4.66. The molecular weight excluding hydrogens is 132 g/mol. The lowest BCUT2D eigenvalue weighted by atomic mass is 9.94. The van der Waals surface area contributed by atoms with E-state index in [1.807, 2.05) is 13.8 Å². The first kappa shape index (κ1) is 7.98. The molecule has 2 N–H and O–H groups in total. The van der Waals surface area contributed by atoms with Gasteiger partial charge in [-0.25, -0.2) is 0 Å². The third kappa shape index (κ3) is 1.17. The summed E-state index contributed by atoms with van der Waals surface area (Å²) >= 11 is 0. The highest BCUT2D eigenvalue weighted by atomic mass is 16.6. The fourth-order valence-electron chi connectivity index (χ4n) is 1.23. The summed E-state index contributed by atoms with van der Waals surface area (Å²) < 4.78 is 5.04. The van der Waals surface area contributed by atoms with Crippen LogP contribution in [0.15, 0.2) is 0 Å². The third-order valence-corrected chi connectivity index (χ3v) is 2.36. The van der Waals surface area contributed by atoms with Crippen LogP contribution in [0.2, 0.25) is 0 Å². The predicted octanol–water partition coefficient (Wildman–Crippen LogP) is -0.0319. The number of aliphatic hydroxyl groups is 2. The second-order valence-corrected chi connectivity index (χ2v) is 2.97. The Morgan fingerprint density at radius 3 is 2.10 bits per heavy atom. The van der Waals surface area contributed by atoms with E-state index < -0.39 is 6.29 Å². The summed E-state index contributed by atoms with van der Waals surface area (Å²) in [5, 5.41) is 17.9. The van der Waals surface area contributed by atoms with Crippen molar-refractivity contribution in [3.63, 3.8) is 0 Å². The Balaban J connectivity index is 2.53. The second-order valence-electron chi connectivity index (χ2n) is 2.97. The number of aliphatic hydroxyl groups excluding tert-OH is 2. The molecule has 1 fully saturated rings. The predicted molar refractivity (Wildman–Crippen MR) is 36.3 cm³/mol. The van der Waals surface area contributed by atoms with Gasteiger partial charge in [0.2, 0.25) is 0 Å². The minimum Gasteiger partial charge on any atom is -0.394 e. The highest BCUT2D eigenvalue weighted by Gasteiger charge is 2.37. The molecule has 0 spiro atoms. The molecular formula is C7H14O3. The van der Waals surface area contributed by atoms with Crippen molar-refractivity contribution in [3.05, 3.63) is 0 Å². The third-order valence-electron chi connectivity index (χ3n) is 2.36. The minimum atomic E-state index is -0.688. The Hall–Kier alpha value is -0.120. The van der Waals surface area contributed by atoms with Gasteiger partial charge in [0.15, 0.2) is 6.29 Å². The smallest absolute Gasteiger partial charge is 0.157 e. The molecule has 60 valence electrons. The van der Waals surface area contributed by atoms with E-state index in [-0.39, 0.29) is 24.5 Å². The van der Waals surface area contributed by atoms with E-state index in [4.69, 9.17) is 14.9 Å². The summed E-state index contributed by atoms with van der Waals surface area (Å²) in [6.45, 7) is 3.90. The van der Waals surface area contributed by atoms with Crippen LogP contribution in [-0.2, 0) is 4.74 Å². The van der Waals surface area contributed by atoms with Crippen molar-refractivity contribution in [1.29, 1.82) is 0 Å². The molecule has 0 saturated carbocycles. The lowest BCUT2D eigenvalue weighted by molar-refractivity contribution is -0.115. The van der Waals surface area contributed by atoms with Gasteiger partial charge < -0.3 is 14.9 Å². The summed E-state index contributed by atoms with van der Waals surface area (Å²) in [5.74, 6) is 0.386. The van der Waals surface area contributed by atoms with Gasteiger partial charge in [-0.15, -0.1) is 0 Å². The van der Waals surface area contributed by atoms with Gasteiger partial charge >= 0.3 is 0 Å². The van der Waals surface area contributed by atoms with Crippen molar-refractivity contribution in [3.8, 4) is 0 Å². The highest BCUT2D eigenvalue weighted by molar-refractivity contribution is 4.79. The first-order valence-electron chi connectivity index (χ1n) is 3.61. The Morgan fingerprint density at radius 2 is 1.90 bits per heavy atom. The summed E-state index contributed by atoms with van der Waals surface area (Å²) in [7, 11) is 0. The molecule has 0 bridgehead atoms. The van der Waals surface area contributed by atoms with Crippen LogP contribution in [0.5, 0.6) is 0 Å². The number of hydrogen-bond donors (Lipinski definition) is 2. The maximum Gasteiger partial charge on any atom is 0.157 e. The molecule has 0 radical (unpaired) electrons. The van der Waals surface area contributed by atoms with Crippen LogP contribution in [0.1, 0.15) is 13.8 Å². The van der Waals surface area contributed by atoms with Gasteiger partial charge in [-0.1, -0.05) is 13.8 Å². The van der Waals surface area contributed by atoms with Crippen LogP contribution in [0.4, 0.5) is 0 Å². The fourth-order valence-corrected chi connectivity index (χ4v) is 1.23. The maximum absolute atomic E-state index is 9.14. The van der Waals surface area contributed by atoms with Gasteiger partial charge in [0.1, 0.15) is 0 Å². The quantitative estimate of drug-likeness (QED) is 0.546. The SMILES string of the molecule is CC1C(C)[C@@H](CO)O[C@H]1O. The van der Waals surface area contributed by atoms with E-state index in [9.17, 15) is 0 Å². The van der Waals surface area contributed by atoms with E-state index in [0.29, 0.717) is 0 Å². The molecule has 0 aliphatic carbocycles. The van der Waals surface area contributed by atoms with E-state index in [0.717, 1.165) is 0 Å². The zero-order valence-corrected chi connectivity index (χ0v) is 6.32. The number of hydrogen-bond acceptors (Lipinski definition) is 3. The molecule has 1 aliphatic rings. The van der Waals surface area contributed by atoms with Crippen LogP contribution in [0.3, 0.4) is 0 Å². The van der Waals surface area contributed by atoms with Crippen molar-refractivity contribution in [2.45, 2.75) is 26.2 Å². The van der Waals surface area contributed by atoms with E-state index in [1.54, 1.807) is 0 Å². The molecule has 1 saturated heterocycles. The topological polar surface area (TPSA) is 49.7 Å². The molecule has 2 unspecified atom stereocenters. The van der Waals surface area contributed by atoms with Crippen LogP contribution in [0, 0.1) is 11.8 Å². The van der Waals surface area contributed by atoms with Crippen LogP contribution in [-0.4, -0.2) is 29.2 Å². The molecule has 0 aromatic carbocycles. The molecule has 1 aliphatic heterocycles. The molecule has 0 aromatic rings. The first-order valence-corrected chi connectivity index (χ1v) is 3.61. The summed E-state index contributed by atoms with van der Waals surface area (Å²) in [4.78, 5) is 0. The highest BCUT2D eigenvalue weighted by Crippen LogP contribution is 2.29. The summed E-state index contributed by atoms with van der Waals surface area (Å²) in [6.07, 6.45) is -0.864. The van der Waals surface area contributed by atoms with Gasteiger partial charge in [0.25, 0.3) is 0 Å². The van der Waals surface area contributed by atoms with E-state index in [2.05, 4.69) is 0 Å². The molecule has 3 heteroatoms. The van der Waals surface area contributed by atoms with Gasteiger partial charge in [-0.05, 0) is 5.92 Å². The summed E-state index contributed by atoms with van der Waals surface area (Å²) in [6, 6.07) is 0. The Morgan fingerprint density at radius 1 is 1.30 bits per heavy atom. The van der Waals surface area contributed by atoms with Crippen molar-refractivity contribution in [1.82, 2.24) is 0 Å². The molecule has 1 heterocycles. The zero-order chi connectivity index (χ0) is 7.72. The van der Waals surface area contributed by atoms with Gasteiger partial charge in [0.05, 0.1) is 12.7 Å². The Labute approximate surface area is 60.6 Å². The van der Waals surface area contributed by atoms with Gasteiger partial charge in [0, 0.05) is 5.92 Å². The van der Waals surface area contributed by atoms with Crippen molar-refractivity contribution in [2.75, 3.05) is 6.61 Å². The van der Waals surface area contributed by atoms with Gasteiger partial charge in [-0.2, -0.15) is 0 Å².